The zero-order chi connectivity index (χ0) is 17.8. The third kappa shape index (κ3) is 4.08. The molecule has 1 unspecified atom stereocenters. The maximum atomic E-state index is 12.1. The SMILES string of the molecule is COc1ccc(N2CC(CNC(=O)N3CCOCC3)OC2=O)cc1Cl. The summed E-state index contributed by atoms with van der Waals surface area (Å²) in [5.41, 5.74) is 0.623. The summed E-state index contributed by atoms with van der Waals surface area (Å²) in [7, 11) is 1.53. The minimum atomic E-state index is -0.466. The molecule has 1 N–H and O–H groups in total. The number of methoxy groups -OCH3 is 1. The van der Waals surface area contributed by atoms with E-state index in [0.29, 0.717) is 49.3 Å². The summed E-state index contributed by atoms with van der Waals surface area (Å²) in [5, 5.41) is 3.21. The molecule has 0 spiro atoms. The molecule has 1 atom stereocenters. The number of urea groups is 1. The van der Waals surface area contributed by atoms with Gasteiger partial charge in [0.15, 0.2) is 0 Å². The monoisotopic (exact) mass is 369 g/mol. The van der Waals surface area contributed by atoms with Crippen LogP contribution in [-0.2, 0) is 9.47 Å². The Labute approximate surface area is 150 Å². The molecule has 8 nitrogen and oxygen atoms in total. The van der Waals surface area contributed by atoms with Crippen LogP contribution in [0.2, 0.25) is 5.02 Å². The highest BCUT2D eigenvalue weighted by atomic mass is 35.5. The number of amides is 3. The van der Waals surface area contributed by atoms with E-state index in [0.717, 1.165) is 0 Å². The minimum Gasteiger partial charge on any atom is -0.495 e. The highest BCUT2D eigenvalue weighted by molar-refractivity contribution is 6.32. The molecule has 9 heteroatoms. The molecule has 2 heterocycles. The molecule has 0 aromatic heterocycles. The maximum Gasteiger partial charge on any atom is 0.414 e. The summed E-state index contributed by atoms with van der Waals surface area (Å²) in [6, 6.07) is 4.90. The Balaban J connectivity index is 1.55. The van der Waals surface area contributed by atoms with E-state index >= 15 is 0 Å². The van der Waals surface area contributed by atoms with Gasteiger partial charge >= 0.3 is 12.1 Å². The summed E-state index contributed by atoms with van der Waals surface area (Å²) >= 11 is 6.10. The topological polar surface area (TPSA) is 80.3 Å². The molecule has 1 aromatic carbocycles. The van der Waals surface area contributed by atoms with Crippen LogP contribution in [0.25, 0.3) is 0 Å². The maximum absolute atomic E-state index is 12.1. The van der Waals surface area contributed by atoms with Crippen LogP contribution in [-0.4, -0.2) is 69.6 Å². The van der Waals surface area contributed by atoms with Crippen LogP contribution in [0.3, 0.4) is 0 Å². The van der Waals surface area contributed by atoms with Gasteiger partial charge in [-0.25, -0.2) is 9.59 Å². The summed E-state index contributed by atoms with van der Waals surface area (Å²) < 4.78 is 15.6. The number of nitrogens with zero attached hydrogens (tertiary/aromatic N) is 2. The summed E-state index contributed by atoms with van der Waals surface area (Å²) in [6.45, 7) is 2.79. The van der Waals surface area contributed by atoms with Gasteiger partial charge in [0.1, 0.15) is 11.9 Å². The fourth-order valence-electron chi connectivity index (χ4n) is 2.74. The van der Waals surface area contributed by atoms with Crippen LogP contribution < -0.4 is 15.0 Å². The summed E-state index contributed by atoms with van der Waals surface area (Å²) in [4.78, 5) is 27.3. The van der Waals surface area contributed by atoms with Gasteiger partial charge in [0.2, 0.25) is 0 Å². The predicted octanol–water partition coefficient (Wildman–Crippen LogP) is 1.72. The van der Waals surface area contributed by atoms with Crippen LogP contribution in [0.1, 0.15) is 0 Å². The Morgan fingerprint density at radius 2 is 2.16 bits per heavy atom. The van der Waals surface area contributed by atoms with Crippen molar-refractivity contribution in [3.8, 4) is 5.75 Å². The molecule has 1 aromatic rings. The average Bonchev–Trinajstić information content (AvgIpc) is 3.01. The number of anilines is 1. The van der Waals surface area contributed by atoms with Crippen LogP contribution in [0.5, 0.6) is 5.75 Å². The van der Waals surface area contributed by atoms with Gasteiger partial charge in [-0.2, -0.15) is 0 Å². The molecular weight excluding hydrogens is 350 g/mol. The van der Waals surface area contributed by atoms with E-state index in [1.807, 2.05) is 0 Å². The largest absolute Gasteiger partial charge is 0.495 e. The number of carbonyl (C=O) groups is 2. The summed E-state index contributed by atoms with van der Waals surface area (Å²) in [6.07, 6.45) is -0.884. The number of nitrogens with one attached hydrogen (secondary N) is 1. The first-order chi connectivity index (χ1) is 12.1. The highest BCUT2D eigenvalue weighted by Crippen LogP contribution is 2.31. The second kappa shape index (κ2) is 7.79. The first kappa shape index (κ1) is 17.6. The van der Waals surface area contributed by atoms with Gasteiger partial charge in [-0.05, 0) is 18.2 Å². The third-order valence-corrected chi connectivity index (χ3v) is 4.40. The van der Waals surface area contributed by atoms with Crippen molar-refractivity contribution in [1.82, 2.24) is 10.2 Å². The van der Waals surface area contributed by atoms with Crippen molar-refractivity contribution in [2.75, 3.05) is 51.4 Å². The van der Waals surface area contributed by atoms with Crippen molar-refractivity contribution in [2.24, 2.45) is 0 Å². The van der Waals surface area contributed by atoms with E-state index < -0.39 is 12.2 Å². The molecule has 136 valence electrons. The normalized spacial score (nSPS) is 20.4. The Morgan fingerprint density at radius 1 is 1.40 bits per heavy atom. The number of cyclic esters (lactones) is 1. The third-order valence-electron chi connectivity index (χ3n) is 4.10. The quantitative estimate of drug-likeness (QED) is 0.874. The molecule has 2 aliphatic heterocycles. The zero-order valence-electron chi connectivity index (χ0n) is 13.9. The van der Waals surface area contributed by atoms with E-state index in [1.165, 1.54) is 12.0 Å². The number of morpholine rings is 1. The Morgan fingerprint density at radius 3 is 2.84 bits per heavy atom. The zero-order valence-corrected chi connectivity index (χ0v) is 14.6. The molecule has 0 aliphatic carbocycles. The lowest BCUT2D eigenvalue weighted by molar-refractivity contribution is 0.0523. The number of hydrogen-bond acceptors (Lipinski definition) is 5. The molecule has 3 amide bonds. The molecule has 0 bridgehead atoms. The molecule has 0 saturated carbocycles. The van der Waals surface area contributed by atoms with E-state index in [4.69, 9.17) is 25.8 Å². The van der Waals surface area contributed by atoms with Crippen molar-refractivity contribution in [2.45, 2.75) is 6.10 Å². The van der Waals surface area contributed by atoms with Crippen molar-refractivity contribution in [3.05, 3.63) is 23.2 Å². The van der Waals surface area contributed by atoms with Crippen LogP contribution in [0.15, 0.2) is 18.2 Å². The van der Waals surface area contributed by atoms with Crippen LogP contribution in [0.4, 0.5) is 15.3 Å². The number of benzene rings is 1. The molecule has 0 radical (unpaired) electrons. The second-order valence-corrected chi connectivity index (χ2v) is 6.13. The van der Waals surface area contributed by atoms with Gasteiger partial charge in [-0.1, -0.05) is 11.6 Å². The Hall–Kier alpha value is -2.19. The van der Waals surface area contributed by atoms with E-state index in [1.54, 1.807) is 23.1 Å². The second-order valence-electron chi connectivity index (χ2n) is 5.72. The molecule has 2 saturated heterocycles. The highest BCUT2D eigenvalue weighted by Gasteiger charge is 2.33. The van der Waals surface area contributed by atoms with Crippen molar-refractivity contribution < 1.29 is 23.8 Å². The number of hydrogen-bond donors (Lipinski definition) is 1. The van der Waals surface area contributed by atoms with Crippen molar-refractivity contribution in [3.63, 3.8) is 0 Å². The average molecular weight is 370 g/mol. The minimum absolute atomic E-state index is 0.176. The van der Waals surface area contributed by atoms with Crippen LogP contribution in [0, 0.1) is 0 Å². The van der Waals surface area contributed by atoms with E-state index in [9.17, 15) is 9.59 Å². The van der Waals surface area contributed by atoms with Gasteiger partial charge in [0.25, 0.3) is 0 Å². The van der Waals surface area contributed by atoms with Crippen molar-refractivity contribution >= 4 is 29.4 Å². The molecule has 2 aliphatic rings. The lowest BCUT2D eigenvalue weighted by atomic mass is 10.2. The van der Waals surface area contributed by atoms with Crippen LogP contribution >= 0.6 is 11.6 Å². The first-order valence-corrected chi connectivity index (χ1v) is 8.38. The predicted molar refractivity (Wildman–Crippen MR) is 91.4 cm³/mol. The fourth-order valence-corrected chi connectivity index (χ4v) is 2.99. The van der Waals surface area contributed by atoms with E-state index in [2.05, 4.69) is 5.32 Å². The summed E-state index contributed by atoms with van der Waals surface area (Å²) in [5.74, 6) is 0.535. The van der Waals surface area contributed by atoms with E-state index in [-0.39, 0.29) is 12.6 Å². The Kier molecular flexibility index (Phi) is 5.50. The molecule has 3 rings (SSSR count). The lowest BCUT2D eigenvalue weighted by Gasteiger charge is -2.27. The first-order valence-electron chi connectivity index (χ1n) is 8.00. The number of ether oxygens (including phenoxy) is 3. The van der Waals surface area contributed by atoms with Gasteiger partial charge in [0, 0.05) is 18.8 Å². The van der Waals surface area contributed by atoms with Crippen molar-refractivity contribution in [1.29, 1.82) is 0 Å². The lowest BCUT2D eigenvalue weighted by Crippen LogP contribution is -2.48. The molecule has 25 heavy (non-hydrogen) atoms. The molecule has 2 fully saturated rings. The molecular formula is C16H20ClN3O5. The number of halogens is 1. The fraction of sp³-hybridized carbons (Fsp3) is 0.500. The Bertz CT molecular complexity index is 651. The van der Waals surface area contributed by atoms with Gasteiger partial charge in [-0.15, -0.1) is 0 Å². The van der Waals surface area contributed by atoms with Gasteiger partial charge in [0.05, 0.1) is 38.4 Å². The smallest absolute Gasteiger partial charge is 0.414 e. The number of carbonyl (C=O) groups excluding carboxylic acids is 2. The standard InChI is InChI=1S/C16H20ClN3O5/c1-23-14-3-2-11(8-13(14)17)20-10-12(25-16(20)22)9-18-15(21)19-4-6-24-7-5-19/h2-3,8,12H,4-7,9-10H2,1H3,(H,18,21). The van der Waals surface area contributed by atoms with Gasteiger partial charge < -0.3 is 24.4 Å². The van der Waals surface area contributed by atoms with Gasteiger partial charge in [-0.3, -0.25) is 4.90 Å². The number of rotatable bonds is 4.